The zero-order valence-corrected chi connectivity index (χ0v) is 25.1. The summed E-state index contributed by atoms with van der Waals surface area (Å²) >= 11 is 1.50. The summed E-state index contributed by atoms with van der Waals surface area (Å²) in [6.07, 6.45) is 0.807. The Labute approximate surface area is 249 Å². The van der Waals surface area contributed by atoms with Gasteiger partial charge in [0.25, 0.3) is 5.69 Å². The molecule has 0 aliphatic carbocycles. The van der Waals surface area contributed by atoms with Crippen molar-refractivity contribution in [1.82, 2.24) is 20.2 Å². The number of dihydropyridines is 1. The normalized spacial score (nSPS) is 18.0. The first-order chi connectivity index (χ1) is 20.2. The molecule has 1 aromatic rings. The minimum atomic E-state index is -0.943. The third-order valence-corrected chi connectivity index (χ3v) is 7.97. The average molecular weight is 606 g/mol. The largest absolute Gasteiger partial charge is 0.463 e. The molecular formula is C28H39N5O8S. The lowest BCUT2D eigenvalue weighted by molar-refractivity contribution is -0.384. The second-order valence-electron chi connectivity index (χ2n) is 9.62. The molecule has 2 aliphatic rings. The molecule has 2 N–H and O–H groups in total. The van der Waals surface area contributed by atoms with E-state index in [0.29, 0.717) is 54.6 Å². The third kappa shape index (κ3) is 8.31. The summed E-state index contributed by atoms with van der Waals surface area (Å²) < 4.78 is 10.7. The van der Waals surface area contributed by atoms with Crippen LogP contribution in [0.1, 0.15) is 32.3 Å². The van der Waals surface area contributed by atoms with E-state index >= 15 is 0 Å². The number of nitrogens with one attached hydrogen (secondary N) is 1. The number of hydrogen-bond donors (Lipinski definition) is 2. The first-order valence-electron chi connectivity index (χ1n) is 13.9. The van der Waals surface area contributed by atoms with Crippen LogP contribution >= 0.6 is 11.8 Å². The molecule has 13 nitrogen and oxygen atoms in total. The van der Waals surface area contributed by atoms with Gasteiger partial charge in [-0.05, 0) is 26.3 Å². The van der Waals surface area contributed by atoms with Crippen LogP contribution in [0.3, 0.4) is 0 Å². The molecule has 0 bridgehead atoms. The summed E-state index contributed by atoms with van der Waals surface area (Å²) in [4.78, 5) is 51.5. The van der Waals surface area contributed by atoms with E-state index in [1.807, 2.05) is 5.01 Å². The van der Waals surface area contributed by atoms with Crippen molar-refractivity contribution < 1.29 is 33.9 Å². The van der Waals surface area contributed by atoms with E-state index in [2.05, 4.69) is 10.2 Å². The number of ether oxygens (including phenoxy) is 2. The number of hydrazine groups is 1. The molecule has 1 amide bonds. The number of aliphatic hydroxyl groups is 1. The van der Waals surface area contributed by atoms with Gasteiger partial charge in [-0.2, -0.15) is 11.8 Å². The number of esters is 2. The minimum absolute atomic E-state index is 0.0989. The number of carbonyl (C=O) groups is 3. The van der Waals surface area contributed by atoms with Crippen molar-refractivity contribution in [2.75, 3.05) is 70.6 Å². The van der Waals surface area contributed by atoms with Crippen LogP contribution in [0.4, 0.5) is 5.69 Å². The van der Waals surface area contributed by atoms with Crippen molar-refractivity contribution >= 4 is 35.8 Å². The van der Waals surface area contributed by atoms with Crippen molar-refractivity contribution in [3.8, 4) is 0 Å². The highest BCUT2D eigenvalue weighted by atomic mass is 32.2. The van der Waals surface area contributed by atoms with Gasteiger partial charge in [-0.3, -0.25) is 24.8 Å². The number of carbonyl (C=O) groups excluding carboxylic acids is 3. The summed E-state index contributed by atoms with van der Waals surface area (Å²) in [6, 6.07) is 5.86. The first-order valence-corrected chi connectivity index (χ1v) is 15.1. The molecule has 3 rings (SSSR count). The number of aliphatic hydroxyl groups excluding tert-OH is 1. The van der Waals surface area contributed by atoms with Crippen LogP contribution in [-0.2, 0) is 23.9 Å². The standard InChI is InChI=1S/C28H39N5O8S/c1-4-40-27(36)24-20(3)29-23(18-42-16-14-32(19-35)31-11-9-30(10-12-31)13-15-34)26(28(37)41-5-2)25(24)21-7-6-8-22(17-21)33(38)39/h6-8,17,19,25,29,34H,4-5,9-16,18H2,1-3H3. The van der Waals surface area contributed by atoms with Gasteiger partial charge in [0, 0.05) is 74.3 Å². The number of rotatable bonds is 15. The zero-order valence-electron chi connectivity index (χ0n) is 24.2. The molecule has 1 saturated heterocycles. The number of nitro benzene ring substituents is 1. The van der Waals surface area contributed by atoms with Gasteiger partial charge in [0.1, 0.15) is 0 Å². The summed E-state index contributed by atoms with van der Waals surface area (Å²) in [7, 11) is 0. The maximum absolute atomic E-state index is 13.4. The molecule has 42 heavy (non-hydrogen) atoms. The van der Waals surface area contributed by atoms with Crippen molar-refractivity contribution in [2.45, 2.75) is 26.7 Å². The fraction of sp³-hybridized carbons (Fsp3) is 0.536. The third-order valence-electron chi connectivity index (χ3n) is 7.01. The number of thioether (sulfide) groups is 1. The minimum Gasteiger partial charge on any atom is -0.463 e. The number of benzene rings is 1. The van der Waals surface area contributed by atoms with Gasteiger partial charge >= 0.3 is 11.9 Å². The van der Waals surface area contributed by atoms with E-state index in [1.54, 1.807) is 31.8 Å². The van der Waals surface area contributed by atoms with Gasteiger partial charge in [0.05, 0.1) is 41.8 Å². The zero-order chi connectivity index (χ0) is 30.6. The summed E-state index contributed by atoms with van der Waals surface area (Å²) in [5.41, 5.74) is 1.59. The molecule has 14 heteroatoms. The van der Waals surface area contributed by atoms with E-state index in [0.717, 1.165) is 19.5 Å². The van der Waals surface area contributed by atoms with Gasteiger partial charge in [-0.1, -0.05) is 12.1 Å². The highest BCUT2D eigenvalue weighted by Gasteiger charge is 2.39. The number of nitro groups is 1. The molecule has 1 fully saturated rings. The number of nitrogens with zero attached hydrogens (tertiary/aromatic N) is 4. The average Bonchev–Trinajstić information content (AvgIpc) is 2.97. The topological polar surface area (TPSA) is 155 Å². The fourth-order valence-corrected chi connectivity index (χ4v) is 5.94. The van der Waals surface area contributed by atoms with Gasteiger partial charge < -0.3 is 19.9 Å². The molecule has 230 valence electrons. The quantitative estimate of drug-likeness (QED) is 0.0982. The van der Waals surface area contributed by atoms with Crippen LogP contribution in [0, 0.1) is 10.1 Å². The number of piperazine rings is 1. The second-order valence-corrected chi connectivity index (χ2v) is 10.7. The van der Waals surface area contributed by atoms with Crippen LogP contribution in [0.15, 0.2) is 46.8 Å². The Morgan fingerprint density at radius 2 is 1.83 bits per heavy atom. The maximum atomic E-state index is 13.4. The highest BCUT2D eigenvalue weighted by Crippen LogP contribution is 2.41. The van der Waals surface area contributed by atoms with Crippen molar-refractivity contribution in [3.05, 3.63) is 62.5 Å². The van der Waals surface area contributed by atoms with E-state index in [-0.39, 0.29) is 36.7 Å². The fourth-order valence-electron chi connectivity index (χ4n) is 5.04. The number of hydrogen-bond acceptors (Lipinski definition) is 12. The smallest absolute Gasteiger partial charge is 0.336 e. The molecular weight excluding hydrogens is 566 g/mol. The molecule has 1 atom stereocenters. The van der Waals surface area contributed by atoms with E-state index in [9.17, 15) is 24.5 Å². The Hall–Kier alpha value is -3.46. The molecule has 0 saturated carbocycles. The molecule has 1 aromatic carbocycles. The Balaban J connectivity index is 1.86. The lowest BCUT2D eigenvalue weighted by Gasteiger charge is -2.39. The van der Waals surface area contributed by atoms with E-state index in [4.69, 9.17) is 14.6 Å². The molecule has 2 heterocycles. The molecule has 0 spiro atoms. The van der Waals surface area contributed by atoms with E-state index < -0.39 is 22.8 Å². The van der Waals surface area contributed by atoms with Crippen molar-refractivity contribution in [2.24, 2.45) is 0 Å². The molecule has 2 aliphatic heterocycles. The summed E-state index contributed by atoms with van der Waals surface area (Å²) in [6.45, 7) is 9.29. The Morgan fingerprint density at radius 3 is 2.43 bits per heavy atom. The van der Waals surface area contributed by atoms with Crippen molar-refractivity contribution in [1.29, 1.82) is 0 Å². The lowest BCUT2D eigenvalue weighted by Crippen LogP contribution is -2.54. The SMILES string of the molecule is CCOC(=O)C1=C(C)NC(CSCCN(C=O)N2CCN(CCO)CC2)=C(C(=O)OCC)C1c1cccc([N+](=O)[O-])c1. The summed E-state index contributed by atoms with van der Waals surface area (Å²) in [5.74, 6) is -1.31. The molecule has 0 aromatic heterocycles. The van der Waals surface area contributed by atoms with Crippen LogP contribution in [0.2, 0.25) is 0 Å². The molecule has 1 unspecified atom stereocenters. The van der Waals surface area contributed by atoms with E-state index in [1.165, 1.54) is 30.0 Å². The lowest BCUT2D eigenvalue weighted by atomic mass is 9.80. The Bertz CT molecular complexity index is 1200. The Morgan fingerprint density at radius 1 is 1.17 bits per heavy atom. The molecule has 0 radical (unpaired) electrons. The number of allylic oxidation sites excluding steroid dienone is 1. The van der Waals surface area contributed by atoms with Crippen LogP contribution in [0.5, 0.6) is 0 Å². The highest BCUT2D eigenvalue weighted by molar-refractivity contribution is 7.99. The predicted molar refractivity (Wildman–Crippen MR) is 157 cm³/mol. The van der Waals surface area contributed by atoms with Gasteiger partial charge in [-0.15, -0.1) is 0 Å². The second kappa shape index (κ2) is 16.2. The van der Waals surface area contributed by atoms with Crippen molar-refractivity contribution in [3.63, 3.8) is 0 Å². The Kier molecular flexibility index (Phi) is 12.8. The first kappa shape index (κ1) is 33.0. The number of non-ortho nitro benzene ring substituents is 1. The van der Waals surface area contributed by atoms with Crippen LogP contribution in [0.25, 0.3) is 0 Å². The monoisotopic (exact) mass is 605 g/mol. The number of β-amino-alcohol motifs (C(OH)–C–C–N with tert-alkyl or cyclic N) is 1. The van der Waals surface area contributed by atoms with Gasteiger partial charge in [0.2, 0.25) is 6.41 Å². The maximum Gasteiger partial charge on any atom is 0.336 e. The van der Waals surface area contributed by atoms with Gasteiger partial charge in [0.15, 0.2) is 0 Å². The number of amides is 1. The summed E-state index contributed by atoms with van der Waals surface area (Å²) in [5, 5.41) is 27.5. The van der Waals surface area contributed by atoms with Crippen LogP contribution in [-0.4, -0.2) is 114 Å². The van der Waals surface area contributed by atoms with Gasteiger partial charge in [-0.25, -0.2) is 14.6 Å². The van der Waals surface area contributed by atoms with Crippen LogP contribution < -0.4 is 5.32 Å². The predicted octanol–water partition coefficient (Wildman–Crippen LogP) is 1.65.